The maximum atomic E-state index is 12.4. The largest absolute Gasteiger partial charge is 0.393 e. The van der Waals surface area contributed by atoms with E-state index in [1.165, 1.54) is 64.2 Å². The van der Waals surface area contributed by atoms with Gasteiger partial charge >= 0.3 is 0 Å². The summed E-state index contributed by atoms with van der Waals surface area (Å²) in [5.74, 6) is 0.365. The van der Waals surface area contributed by atoms with Crippen LogP contribution in [0.15, 0.2) is 0 Å². The number of nitrogens with zero attached hydrogens (tertiary/aromatic N) is 1. The Labute approximate surface area is 183 Å². The minimum Gasteiger partial charge on any atom is -0.393 e. The van der Waals surface area contributed by atoms with Gasteiger partial charge in [-0.05, 0) is 32.1 Å². The highest BCUT2D eigenvalue weighted by Crippen LogP contribution is 2.15. The summed E-state index contributed by atoms with van der Waals surface area (Å²) in [5.41, 5.74) is 0. The molecule has 29 heavy (non-hydrogen) atoms. The van der Waals surface area contributed by atoms with Crippen LogP contribution in [0.25, 0.3) is 0 Å². The van der Waals surface area contributed by atoms with Gasteiger partial charge in [-0.1, -0.05) is 104 Å². The molecule has 0 fully saturated rings. The van der Waals surface area contributed by atoms with Gasteiger partial charge in [0, 0.05) is 19.5 Å². The van der Waals surface area contributed by atoms with E-state index in [9.17, 15) is 9.90 Å². The molecule has 0 aromatic rings. The van der Waals surface area contributed by atoms with Crippen molar-refractivity contribution in [3.8, 4) is 0 Å². The third-order valence-electron chi connectivity index (χ3n) is 5.98. The summed E-state index contributed by atoms with van der Waals surface area (Å²) in [4.78, 5) is 14.5. The lowest BCUT2D eigenvalue weighted by Gasteiger charge is -2.22. The van der Waals surface area contributed by atoms with E-state index in [-0.39, 0.29) is 6.10 Å². The van der Waals surface area contributed by atoms with Gasteiger partial charge in [0.2, 0.25) is 5.91 Å². The molecule has 1 amide bonds. The Morgan fingerprint density at radius 1 is 0.621 bits per heavy atom. The Balaban J connectivity index is 3.55. The summed E-state index contributed by atoms with van der Waals surface area (Å²) in [7, 11) is 0. The number of aliphatic hydroxyl groups is 1. The van der Waals surface area contributed by atoms with Crippen LogP contribution in [0.1, 0.15) is 143 Å². The standard InChI is InChI=1S/C26H53NO2/c1-4-7-10-11-14-17-20-25(28)21-18-15-12-13-16-19-22-26(29)27(23-8-5-2)24-9-6-3/h25,28H,4-24H2,1-3H3. The molecule has 0 aliphatic rings. The van der Waals surface area contributed by atoms with E-state index in [0.29, 0.717) is 5.91 Å². The van der Waals surface area contributed by atoms with Gasteiger partial charge in [-0.15, -0.1) is 0 Å². The van der Waals surface area contributed by atoms with E-state index in [4.69, 9.17) is 0 Å². The summed E-state index contributed by atoms with van der Waals surface area (Å²) in [5, 5.41) is 10.1. The minimum atomic E-state index is -0.0870. The van der Waals surface area contributed by atoms with Crippen molar-refractivity contribution in [3.05, 3.63) is 0 Å². The van der Waals surface area contributed by atoms with E-state index in [2.05, 4.69) is 25.7 Å². The third-order valence-corrected chi connectivity index (χ3v) is 5.98. The normalized spacial score (nSPS) is 12.3. The zero-order valence-electron chi connectivity index (χ0n) is 20.2. The third kappa shape index (κ3) is 19.2. The molecule has 0 saturated heterocycles. The Bertz CT molecular complexity index is 338. The summed E-state index contributed by atoms with van der Waals surface area (Å²) in [6.07, 6.45) is 22.0. The van der Waals surface area contributed by atoms with Gasteiger partial charge in [-0.2, -0.15) is 0 Å². The van der Waals surface area contributed by atoms with Crippen molar-refractivity contribution in [3.63, 3.8) is 0 Å². The highest BCUT2D eigenvalue weighted by molar-refractivity contribution is 5.76. The van der Waals surface area contributed by atoms with Crippen LogP contribution in [-0.2, 0) is 4.79 Å². The molecule has 0 saturated carbocycles. The number of hydrogen-bond donors (Lipinski definition) is 1. The van der Waals surface area contributed by atoms with Gasteiger partial charge in [0.15, 0.2) is 0 Å². The number of carbonyl (C=O) groups excluding carboxylic acids is 1. The van der Waals surface area contributed by atoms with Crippen LogP contribution < -0.4 is 0 Å². The second-order valence-electron chi connectivity index (χ2n) is 8.96. The van der Waals surface area contributed by atoms with Gasteiger partial charge in [0.05, 0.1) is 6.10 Å². The number of carbonyl (C=O) groups is 1. The molecule has 0 spiro atoms. The molecule has 1 unspecified atom stereocenters. The highest BCUT2D eigenvalue weighted by Gasteiger charge is 2.11. The molecule has 3 nitrogen and oxygen atoms in total. The first-order chi connectivity index (χ1) is 14.2. The predicted octanol–water partition coefficient (Wildman–Crippen LogP) is 7.65. The molecule has 0 radical (unpaired) electrons. The number of hydrogen-bond acceptors (Lipinski definition) is 2. The average Bonchev–Trinajstić information content (AvgIpc) is 2.72. The van der Waals surface area contributed by atoms with Crippen LogP contribution in [0.5, 0.6) is 0 Å². The van der Waals surface area contributed by atoms with Crippen LogP contribution in [-0.4, -0.2) is 35.1 Å². The molecule has 1 atom stereocenters. The first kappa shape index (κ1) is 28.4. The lowest BCUT2D eigenvalue weighted by Crippen LogP contribution is -2.32. The van der Waals surface area contributed by atoms with E-state index < -0.39 is 0 Å². The molecule has 174 valence electrons. The summed E-state index contributed by atoms with van der Waals surface area (Å²) < 4.78 is 0. The maximum Gasteiger partial charge on any atom is 0.222 e. The molecule has 0 aromatic carbocycles. The first-order valence-corrected chi connectivity index (χ1v) is 13.1. The van der Waals surface area contributed by atoms with Crippen LogP contribution in [0.2, 0.25) is 0 Å². The lowest BCUT2D eigenvalue weighted by atomic mass is 10.0. The molecule has 0 heterocycles. The van der Waals surface area contributed by atoms with Crippen molar-refractivity contribution in [1.29, 1.82) is 0 Å². The van der Waals surface area contributed by atoms with E-state index in [0.717, 1.165) is 70.9 Å². The summed E-state index contributed by atoms with van der Waals surface area (Å²) in [6.45, 7) is 8.51. The number of rotatable bonds is 22. The second-order valence-corrected chi connectivity index (χ2v) is 8.96. The summed E-state index contributed by atoms with van der Waals surface area (Å²) >= 11 is 0. The molecule has 3 heteroatoms. The van der Waals surface area contributed by atoms with Gasteiger partial charge in [0.25, 0.3) is 0 Å². The van der Waals surface area contributed by atoms with Crippen LogP contribution in [0.4, 0.5) is 0 Å². The molecule has 0 rings (SSSR count). The Morgan fingerprint density at radius 2 is 1.03 bits per heavy atom. The van der Waals surface area contributed by atoms with Gasteiger partial charge in [0.1, 0.15) is 0 Å². The zero-order chi connectivity index (χ0) is 21.6. The van der Waals surface area contributed by atoms with Crippen molar-refractivity contribution in [2.45, 2.75) is 149 Å². The van der Waals surface area contributed by atoms with Crippen molar-refractivity contribution in [2.75, 3.05) is 13.1 Å². The monoisotopic (exact) mass is 411 g/mol. The van der Waals surface area contributed by atoms with E-state index in [1.54, 1.807) is 0 Å². The molecular formula is C26H53NO2. The predicted molar refractivity (Wildman–Crippen MR) is 127 cm³/mol. The Morgan fingerprint density at radius 3 is 1.52 bits per heavy atom. The van der Waals surface area contributed by atoms with Gasteiger partial charge in [-0.25, -0.2) is 0 Å². The summed E-state index contributed by atoms with van der Waals surface area (Å²) in [6, 6.07) is 0. The van der Waals surface area contributed by atoms with E-state index >= 15 is 0 Å². The zero-order valence-corrected chi connectivity index (χ0v) is 20.2. The minimum absolute atomic E-state index is 0.0870. The number of unbranched alkanes of at least 4 members (excludes halogenated alkanes) is 12. The molecule has 0 aromatic heterocycles. The molecule has 0 bridgehead atoms. The highest BCUT2D eigenvalue weighted by atomic mass is 16.3. The maximum absolute atomic E-state index is 12.4. The average molecular weight is 412 g/mol. The van der Waals surface area contributed by atoms with Crippen LogP contribution in [0, 0.1) is 0 Å². The topological polar surface area (TPSA) is 40.5 Å². The fraction of sp³-hybridized carbons (Fsp3) is 0.962. The fourth-order valence-electron chi connectivity index (χ4n) is 3.89. The second kappa shape index (κ2) is 22.1. The number of aliphatic hydroxyl groups excluding tert-OH is 1. The van der Waals surface area contributed by atoms with Crippen LogP contribution >= 0.6 is 0 Å². The fourth-order valence-corrected chi connectivity index (χ4v) is 3.89. The SMILES string of the molecule is CCCCCCCCC(O)CCCCCCCCC(=O)N(CCCC)CCCC. The van der Waals surface area contributed by atoms with Crippen molar-refractivity contribution in [2.24, 2.45) is 0 Å². The molecule has 0 aliphatic heterocycles. The van der Waals surface area contributed by atoms with Crippen molar-refractivity contribution >= 4 is 5.91 Å². The molecule has 0 aliphatic carbocycles. The molecule has 1 N–H and O–H groups in total. The van der Waals surface area contributed by atoms with Crippen molar-refractivity contribution in [1.82, 2.24) is 4.90 Å². The van der Waals surface area contributed by atoms with Gasteiger partial charge < -0.3 is 10.0 Å². The smallest absolute Gasteiger partial charge is 0.222 e. The Kier molecular flexibility index (Phi) is 21.7. The lowest BCUT2D eigenvalue weighted by molar-refractivity contribution is -0.131. The Hall–Kier alpha value is -0.570. The number of amides is 1. The van der Waals surface area contributed by atoms with Crippen molar-refractivity contribution < 1.29 is 9.90 Å². The van der Waals surface area contributed by atoms with E-state index in [1.807, 2.05) is 0 Å². The quantitative estimate of drug-likeness (QED) is 0.186. The first-order valence-electron chi connectivity index (χ1n) is 13.1. The van der Waals surface area contributed by atoms with Gasteiger partial charge in [-0.3, -0.25) is 4.79 Å². The molecular weight excluding hydrogens is 358 g/mol. The van der Waals surface area contributed by atoms with Crippen LogP contribution in [0.3, 0.4) is 0 Å².